The highest BCUT2D eigenvalue weighted by Crippen LogP contribution is 2.28. The maximum Gasteiger partial charge on any atom is 0.329 e. The van der Waals surface area contributed by atoms with Crippen molar-refractivity contribution in [3.8, 4) is 0 Å². The van der Waals surface area contributed by atoms with Crippen molar-refractivity contribution >= 4 is 17.5 Å². The standard InChI is InChI=1S/C15H23N5O3/c21-12-7-5-11(6-8-12)18-15-16-9-13(20(22)23)14(19-15)17-10-3-1-2-4-10/h9-12,21H,1-8H2,(H2,16,17,18,19). The van der Waals surface area contributed by atoms with E-state index in [9.17, 15) is 15.2 Å². The topological polar surface area (TPSA) is 113 Å². The zero-order chi connectivity index (χ0) is 16.2. The average Bonchev–Trinajstić information content (AvgIpc) is 3.02. The van der Waals surface area contributed by atoms with E-state index in [0.29, 0.717) is 11.8 Å². The molecule has 3 rings (SSSR count). The van der Waals surface area contributed by atoms with E-state index in [1.807, 2.05) is 0 Å². The second-order valence-corrected chi connectivity index (χ2v) is 6.46. The van der Waals surface area contributed by atoms with Gasteiger partial charge in [0.25, 0.3) is 0 Å². The first-order chi connectivity index (χ1) is 11.1. The Morgan fingerprint density at radius 1 is 1.09 bits per heavy atom. The van der Waals surface area contributed by atoms with Crippen molar-refractivity contribution < 1.29 is 10.0 Å². The van der Waals surface area contributed by atoms with E-state index in [1.165, 1.54) is 6.20 Å². The quantitative estimate of drug-likeness (QED) is 0.564. The molecule has 0 unspecified atom stereocenters. The van der Waals surface area contributed by atoms with Crippen LogP contribution in [0.5, 0.6) is 0 Å². The van der Waals surface area contributed by atoms with Crippen LogP contribution in [0.2, 0.25) is 0 Å². The summed E-state index contributed by atoms with van der Waals surface area (Å²) in [7, 11) is 0. The van der Waals surface area contributed by atoms with Gasteiger partial charge in [0.1, 0.15) is 6.20 Å². The van der Waals surface area contributed by atoms with Crippen LogP contribution in [-0.4, -0.2) is 38.2 Å². The van der Waals surface area contributed by atoms with Crippen LogP contribution in [0, 0.1) is 10.1 Å². The van der Waals surface area contributed by atoms with Gasteiger partial charge >= 0.3 is 5.69 Å². The van der Waals surface area contributed by atoms with Gasteiger partial charge in [-0.1, -0.05) is 12.8 Å². The molecule has 0 radical (unpaired) electrons. The Balaban J connectivity index is 1.71. The van der Waals surface area contributed by atoms with Gasteiger partial charge in [-0.05, 0) is 38.5 Å². The Labute approximate surface area is 134 Å². The third-order valence-electron chi connectivity index (χ3n) is 4.69. The summed E-state index contributed by atoms with van der Waals surface area (Å²) in [5.41, 5.74) is -0.0819. The Kier molecular flexibility index (Phi) is 4.90. The number of aromatic nitrogens is 2. The third kappa shape index (κ3) is 4.07. The first-order valence-electron chi connectivity index (χ1n) is 8.34. The summed E-state index contributed by atoms with van der Waals surface area (Å²) in [6.07, 6.45) is 8.61. The SMILES string of the molecule is O=[N+]([O-])c1cnc(NC2CCC(O)CC2)nc1NC1CCCC1. The number of rotatable bonds is 5. The molecule has 2 saturated carbocycles. The Morgan fingerprint density at radius 3 is 2.39 bits per heavy atom. The fourth-order valence-electron chi connectivity index (χ4n) is 3.35. The largest absolute Gasteiger partial charge is 0.393 e. The summed E-state index contributed by atoms with van der Waals surface area (Å²) in [6, 6.07) is 0.459. The lowest BCUT2D eigenvalue weighted by Crippen LogP contribution is -2.29. The molecule has 0 bridgehead atoms. The summed E-state index contributed by atoms with van der Waals surface area (Å²) < 4.78 is 0. The average molecular weight is 321 g/mol. The minimum Gasteiger partial charge on any atom is -0.393 e. The normalized spacial score (nSPS) is 25.3. The van der Waals surface area contributed by atoms with Crippen LogP contribution in [0.4, 0.5) is 17.5 Å². The number of hydrogen-bond acceptors (Lipinski definition) is 7. The molecule has 1 aromatic rings. The maximum absolute atomic E-state index is 11.2. The highest BCUT2D eigenvalue weighted by Gasteiger charge is 2.24. The second kappa shape index (κ2) is 7.08. The molecule has 23 heavy (non-hydrogen) atoms. The van der Waals surface area contributed by atoms with Crippen molar-refractivity contribution in [2.75, 3.05) is 10.6 Å². The summed E-state index contributed by atoms with van der Waals surface area (Å²) in [6.45, 7) is 0. The summed E-state index contributed by atoms with van der Waals surface area (Å²) in [4.78, 5) is 19.1. The van der Waals surface area contributed by atoms with Gasteiger partial charge in [0.05, 0.1) is 11.0 Å². The number of anilines is 2. The molecular formula is C15H23N5O3. The summed E-state index contributed by atoms with van der Waals surface area (Å²) >= 11 is 0. The van der Waals surface area contributed by atoms with Crippen LogP contribution >= 0.6 is 0 Å². The van der Waals surface area contributed by atoms with Crippen molar-refractivity contribution in [1.82, 2.24) is 9.97 Å². The number of hydrogen-bond donors (Lipinski definition) is 3. The Bertz CT molecular complexity index is 554. The van der Waals surface area contributed by atoms with Gasteiger partial charge in [0, 0.05) is 12.1 Å². The first kappa shape index (κ1) is 15.9. The minimum absolute atomic E-state index is 0.0819. The molecule has 8 nitrogen and oxygen atoms in total. The van der Waals surface area contributed by atoms with Crippen LogP contribution in [0.1, 0.15) is 51.4 Å². The van der Waals surface area contributed by atoms with E-state index in [-0.39, 0.29) is 23.9 Å². The van der Waals surface area contributed by atoms with E-state index in [0.717, 1.165) is 51.4 Å². The van der Waals surface area contributed by atoms with Gasteiger partial charge in [-0.15, -0.1) is 0 Å². The van der Waals surface area contributed by atoms with Crippen molar-refractivity contribution in [2.24, 2.45) is 0 Å². The van der Waals surface area contributed by atoms with Crippen molar-refractivity contribution in [2.45, 2.75) is 69.6 Å². The Morgan fingerprint density at radius 2 is 1.74 bits per heavy atom. The highest BCUT2D eigenvalue weighted by atomic mass is 16.6. The molecule has 126 valence electrons. The minimum atomic E-state index is -0.446. The van der Waals surface area contributed by atoms with Gasteiger partial charge in [0.15, 0.2) is 0 Å². The lowest BCUT2D eigenvalue weighted by molar-refractivity contribution is -0.384. The van der Waals surface area contributed by atoms with Crippen molar-refractivity contribution in [3.63, 3.8) is 0 Å². The summed E-state index contributed by atoms with van der Waals surface area (Å²) in [5.74, 6) is 0.715. The van der Waals surface area contributed by atoms with E-state index in [2.05, 4.69) is 20.6 Å². The molecule has 2 aliphatic rings. The molecular weight excluding hydrogens is 298 g/mol. The van der Waals surface area contributed by atoms with Crippen LogP contribution in [0.15, 0.2) is 6.20 Å². The lowest BCUT2D eigenvalue weighted by Gasteiger charge is -2.26. The molecule has 2 fully saturated rings. The van der Waals surface area contributed by atoms with Crippen molar-refractivity contribution in [1.29, 1.82) is 0 Å². The molecule has 1 heterocycles. The fraction of sp³-hybridized carbons (Fsp3) is 0.733. The molecule has 2 aliphatic carbocycles. The van der Waals surface area contributed by atoms with E-state index < -0.39 is 4.92 Å². The van der Waals surface area contributed by atoms with Crippen LogP contribution in [0.3, 0.4) is 0 Å². The molecule has 1 aromatic heterocycles. The predicted molar refractivity (Wildman–Crippen MR) is 86.5 cm³/mol. The van der Waals surface area contributed by atoms with E-state index >= 15 is 0 Å². The van der Waals surface area contributed by atoms with E-state index in [4.69, 9.17) is 0 Å². The van der Waals surface area contributed by atoms with Crippen molar-refractivity contribution in [3.05, 3.63) is 16.3 Å². The number of nitrogens with one attached hydrogen (secondary N) is 2. The van der Waals surface area contributed by atoms with Crippen LogP contribution in [0.25, 0.3) is 0 Å². The smallest absolute Gasteiger partial charge is 0.329 e. The molecule has 0 aliphatic heterocycles. The van der Waals surface area contributed by atoms with Gasteiger partial charge in [-0.3, -0.25) is 10.1 Å². The second-order valence-electron chi connectivity index (χ2n) is 6.46. The molecule has 8 heteroatoms. The fourth-order valence-corrected chi connectivity index (χ4v) is 3.35. The third-order valence-corrected chi connectivity index (χ3v) is 4.69. The number of nitrogens with zero attached hydrogens (tertiary/aromatic N) is 3. The Hall–Kier alpha value is -1.96. The van der Waals surface area contributed by atoms with Gasteiger partial charge < -0.3 is 15.7 Å². The van der Waals surface area contributed by atoms with Gasteiger partial charge in [0.2, 0.25) is 11.8 Å². The molecule has 0 aromatic carbocycles. The van der Waals surface area contributed by atoms with E-state index in [1.54, 1.807) is 0 Å². The number of nitro groups is 1. The highest BCUT2D eigenvalue weighted by molar-refractivity contribution is 5.57. The zero-order valence-electron chi connectivity index (χ0n) is 13.1. The maximum atomic E-state index is 11.2. The van der Waals surface area contributed by atoms with Crippen LogP contribution in [-0.2, 0) is 0 Å². The first-order valence-corrected chi connectivity index (χ1v) is 8.34. The molecule has 3 N–H and O–H groups in total. The predicted octanol–water partition coefficient (Wildman–Crippen LogP) is 2.45. The lowest BCUT2D eigenvalue weighted by atomic mass is 9.93. The zero-order valence-corrected chi connectivity index (χ0v) is 13.1. The number of aliphatic hydroxyl groups is 1. The molecule has 0 spiro atoms. The summed E-state index contributed by atoms with van der Waals surface area (Å²) in [5, 5.41) is 27.2. The van der Waals surface area contributed by atoms with Crippen LogP contribution < -0.4 is 10.6 Å². The molecule has 0 saturated heterocycles. The molecule has 0 atom stereocenters. The molecule has 0 amide bonds. The van der Waals surface area contributed by atoms with Gasteiger partial charge in [-0.2, -0.15) is 4.98 Å². The number of aliphatic hydroxyl groups excluding tert-OH is 1. The monoisotopic (exact) mass is 321 g/mol. The van der Waals surface area contributed by atoms with Gasteiger partial charge in [-0.25, -0.2) is 4.98 Å².